The molecule has 0 aliphatic carbocycles. The van der Waals surface area contributed by atoms with Crippen molar-refractivity contribution in [1.29, 1.82) is 0 Å². The Morgan fingerprint density at radius 2 is 1.55 bits per heavy atom. The molecule has 0 bridgehead atoms. The van der Waals surface area contributed by atoms with Gasteiger partial charge in [-0.15, -0.1) is 0 Å². The molecule has 0 saturated carbocycles. The van der Waals surface area contributed by atoms with E-state index in [0.29, 0.717) is 19.1 Å². The number of nitrogens with one attached hydrogen (secondary N) is 2. The van der Waals surface area contributed by atoms with E-state index < -0.39 is 6.10 Å². The van der Waals surface area contributed by atoms with Crippen LogP contribution in [0.3, 0.4) is 0 Å². The summed E-state index contributed by atoms with van der Waals surface area (Å²) >= 11 is 0. The molecule has 22 heavy (non-hydrogen) atoms. The molecule has 2 rings (SSSR count). The van der Waals surface area contributed by atoms with Crippen LogP contribution in [0.5, 0.6) is 11.5 Å². The van der Waals surface area contributed by atoms with Crippen LogP contribution < -0.4 is 15.4 Å². The van der Waals surface area contributed by atoms with Crippen molar-refractivity contribution in [3.05, 3.63) is 54.6 Å². The number of aliphatic hydroxyl groups excluding tert-OH is 1. The molecule has 2 aromatic carbocycles. The van der Waals surface area contributed by atoms with Crippen LogP contribution in [0.2, 0.25) is 0 Å². The van der Waals surface area contributed by atoms with E-state index in [1.165, 1.54) is 0 Å². The fourth-order valence-corrected chi connectivity index (χ4v) is 1.95. The molecule has 0 spiro atoms. The van der Waals surface area contributed by atoms with Gasteiger partial charge in [0, 0.05) is 24.8 Å². The van der Waals surface area contributed by atoms with E-state index in [-0.39, 0.29) is 0 Å². The smallest absolute Gasteiger partial charge is 0.127 e. The van der Waals surface area contributed by atoms with Crippen LogP contribution in [-0.4, -0.2) is 30.3 Å². The van der Waals surface area contributed by atoms with Gasteiger partial charge in [-0.3, -0.25) is 0 Å². The molecular formula is C18H24N2O2. The summed E-state index contributed by atoms with van der Waals surface area (Å²) in [5.41, 5.74) is 0.962. The highest BCUT2D eigenvalue weighted by atomic mass is 16.5. The minimum atomic E-state index is -0.414. The first-order valence-electron chi connectivity index (χ1n) is 7.62. The number of hydrogen-bond donors (Lipinski definition) is 3. The van der Waals surface area contributed by atoms with Crippen molar-refractivity contribution in [2.75, 3.05) is 18.4 Å². The Balaban J connectivity index is 1.79. The van der Waals surface area contributed by atoms with Crippen LogP contribution in [0.4, 0.5) is 5.69 Å². The molecule has 0 heterocycles. The average molecular weight is 300 g/mol. The third-order valence-electron chi connectivity index (χ3n) is 3.14. The normalized spacial score (nSPS) is 12.2. The summed E-state index contributed by atoms with van der Waals surface area (Å²) in [7, 11) is 0. The van der Waals surface area contributed by atoms with E-state index in [4.69, 9.17) is 4.74 Å². The van der Waals surface area contributed by atoms with E-state index in [1.54, 1.807) is 0 Å². The van der Waals surface area contributed by atoms with Crippen LogP contribution in [0.25, 0.3) is 0 Å². The fourth-order valence-electron chi connectivity index (χ4n) is 1.95. The lowest BCUT2D eigenvalue weighted by atomic mass is 10.2. The van der Waals surface area contributed by atoms with Crippen LogP contribution in [-0.2, 0) is 0 Å². The highest BCUT2D eigenvalue weighted by Gasteiger charge is 2.04. The fraction of sp³-hybridized carbons (Fsp3) is 0.333. The molecule has 0 aromatic heterocycles. The van der Waals surface area contributed by atoms with Gasteiger partial charge in [0.2, 0.25) is 0 Å². The summed E-state index contributed by atoms with van der Waals surface area (Å²) in [4.78, 5) is 0. The Morgan fingerprint density at radius 1 is 0.909 bits per heavy atom. The summed E-state index contributed by atoms with van der Waals surface area (Å²) < 4.78 is 5.74. The Kier molecular flexibility index (Phi) is 6.25. The Morgan fingerprint density at radius 3 is 2.18 bits per heavy atom. The van der Waals surface area contributed by atoms with Gasteiger partial charge in [0.15, 0.2) is 0 Å². The zero-order valence-electron chi connectivity index (χ0n) is 13.1. The summed E-state index contributed by atoms with van der Waals surface area (Å²) in [5, 5.41) is 16.3. The summed E-state index contributed by atoms with van der Waals surface area (Å²) in [5.74, 6) is 1.61. The molecule has 0 aliphatic rings. The van der Waals surface area contributed by atoms with Gasteiger partial charge >= 0.3 is 0 Å². The minimum Gasteiger partial charge on any atom is -0.457 e. The van der Waals surface area contributed by atoms with Gasteiger partial charge < -0.3 is 20.5 Å². The van der Waals surface area contributed by atoms with Gasteiger partial charge in [0.05, 0.1) is 6.10 Å². The maximum absolute atomic E-state index is 9.86. The van der Waals surface area contributed by atoms with Crippen molar-refractivity contribution in [3.63, 3.8) is 0 Å². The summed E-state index contributed by atoms with van der Waals surface area (Å²) in [6.45, 7) is 5.22. The Bertz CT molecular complexity index is 541. The van der Waals surface area contributed by atoms with Gasteiger partial charge in [-0.1, -0.05) is 32.0 Å². The van der Waals surface area contributed by atoms with Crippen LogP contribution in [0.15, 0.2) is 54.6 Å². The van der Waals surface area contributed by atoms with Gasteiger partial charge in [-0.05, 0) is 36.4 Å². The van der Waals surface area contributed by atoms with Crippen LogP contribution in [0, 0.1) is 0 Å². The second kappa shape index (κ2) is 8.41. The van der Waals surface area contributed by atoms with Gasteiger partial charge in [-0.25, -0.2) is 0 Å². The van der Waals surface area contributed by atoms with Gasteiger partial charge in [-0.2, -0.15) is 0 Å². The number of rotatable bonds is 8. The topological polar surface area (TPSA) is 53.5 Å². The third-order valence-corrected chi connectivity index (χ3v) is 3.14. The number of benzene rings is 2. The van der Waals surface area contributed by atoms with E-state index in [0.717, 1.165) is 17.2 Å². The molecule has 4 heteroatoms. The van der Waals surface area contributed by atoms with Crippen LogP contribution >= 0.6 is 0 Å². The van der Waals surface area contributed by atoms with E-state index in [1.807, 2.05) is 54.6 Å². The number of aliphatic hydroxyl groups is 1. The SMILES string of the molecule is CC(C)NCC(O)CNc1ccc(Oc2ccccc2)cc1. The lowest BCUT2D eigenvalue weighted by molar-refractivity contribution is 0.181. The quantitative estimate of drug-likeness (QED) is 0.700. The van der Waals surface area contributed by atoms with Crippen molar-refractivity contribution in [2.24, 2.45) is 0 Å². The highest BCUT2D eigenvalue weighted by molar-refractivity contribution is 5.47. The maximum Gasteiger partial charge on any atom is 0.127 e. The molecule has 0 radical (unpaired) electrons. The molecule has 0 aliphatic heterocycles. The first kappa shape index (κ1) is 16.3. The molecule has 118 valence electrons. The van der Waals surface area contributed by atoms with E-state index in [9.17, 15) is 5.11 Å². The highest BCUT2D eigenvalue weighted by Crippen LogP contribution is 2.22. The number of anilines is 1. The average Bonchev–Trinajstić information content (AvgIpc) is 2.53. The summed E-state index contributed by atoms with van der Waals surface area (Å²) in [6, 6.07) is 17.8. The Labute approximate surface area is 132 Å². The number of hydrogen-bond acceptors (Lipinski definition) is 4. The lowest BCUT2D eigenvalue weighted by Crippen LogP contribution is -2.35. The van der Waals surface area contributed by atoms with E-state index >= 15 is 0 Å². The zero-order chi connectivity index (χ0) is 15.8. The predicted octanol–water partition coefficient (Wildman–Crippen LogP) is 3.25. The third kappa shape index (κ3) is 5.76. The van der Waals surface area contributed by atoms with E-state index in [2.05, 4.69) is 24.5 Å². The zero-order valence-corrected chi connectivity index (χ0v) is 13.1. The van der Waals surface area contributed by atoms with Gasteiger partial charge in [0.1, 0.15) is 11.5 Å². The predicted molar refractivity (Wildman–Crippen MR) is 90.6 cm³/mol. The van der Waals surface area contributed by atoms with Crippen molar-refractivity contribution in [3.8, 4) is 11.5 Å². The first-order chi connectivity index (χ1) is 10.6. The van der Waals surface area contributed by atoms with Crippen molar-refractivity contribution in [1.82, 2.24) is 5.32 Å². The minimum absolute atomic E-state index is 0.379. The summed E-state index contributed by atoms with van der Waals surface area (Å²) in [6.07, 6.45) is -0.414. The van der Waals surface area contributed by atoms with Crippen molar-refractivity contribution in [2.45, 2.75) is 26.0 Å². The molecule has 1 atom stereocenters. The number of para-hydroxylation sites is 1. The molecule has 2 aromatic rings. The first-order valence-corrected chi connectivity index (χ1v) is 7.62. The molecule has 3 N–H and O–H groups in total. The van der Waals surface area contributed by atoms with Gasteiger partial charge in [0.25, 0.3) is 0 Å². The largest absolute Gasteiger partial charge is 0.457 e. The standard InChI is InChI=1S/C18H24N2O2/c1-14(2)19-12-16(21)13-20-15-8-10-18(11-9-15)22-17-6-4-3-5-7-17/h3-11,14,16,19-21H,12-13H2,1-2H3. The van der Waals surface area contributed by atoms with Crippen LogP contribution in [0.1, 0.15) is 13.8 Å². The van der Waals surface area contributed by atoms with Crippen molar-refractivity contribution < 1.29 is 9.84 Å². The van der Waals surface area contributed by atoms with Crippen molar-refractivity contribution >= 4 is 5.69 Å². The second-order valence-corrected chi connectivity index (χ2v) is 5.54. The molecule has 0 fully saturated rings. The maximum atomic E-state index is 9.86. The molecule has 0 amide bonds. The second-order valence-electron chi connectivity index (χ2n) is 5.54. The molecular weight excluding hydrogens is 276 g/mol. The molecule has 0 saturated heterocycles. The molecule has 1 unspecified atom stereocenters. The monoisotopic (exact) mass is 300 g/mol. The Hall–Kier alpha value is -2.04. The lowest BCUT2D eigenvalue weighted by Gasteiger charge is -2.15. The molecule has 4 nitrogen and oxygen atoms in total. The number of ether oxygens (including phenoxy) is 1.